The predicted octanol–water partition coefficient (Wildman–Crippen LogP) is 4.42. The minimum Gasteiger partial charge on any atom is -0.464 e. The zero-order valence-electron chi connectivity index (χ0n) is 17.6. The zero-order valence-corrected chi connectivity index (χ0v) is 17.6. The Morgan fingerprint density at radius 2 is 1.43 bits per heavy atom. The fourth-order valence-electron chi connectivity index (χ4n) is 3.72. The van der Waals surface area contributed by atoms with E-state index in [2.05, 4.69) is 0 Å². The van der Waals surface area contributed by atoms with Crippen molar-refractivity contribution < 1.29 is 19.1 Å². The number of nitrogens with zero attached hydrogens (tertiary/aromatic N) is 1. The molecule has 0 bridgehead atoms. The smallest absolute Gasteiger partial charge is 0.336 e. The molecule has 156 valence electrons. The average Bonchev–Trinajstić information content (AvgIpc) is 2.75. The van der Waals surface area contributed by atoms with Gasteiger partial charge in [0.15, 0.2) is 6.04 Å². The standard InChI is InChI=1S/C25H27NO4/c1-4-29-24(27)21-16-18(3)17-26(23(21)25(28)30-5-2)22(19-12-8-6-9-13-19)20-14-10-7-11-15-20/h6-17,22-23H,4-5H2,1-3H3. The van der Waals surface area contributed by atoms with Crippen LogP contribution >= 0.6 is 0 Å². The van der Waals surface area contributed by atoms with Crippen molar-refractivity contribution in [3.63, 3.8) is 0 Å². The van der Waals surface area contributed by atoms with Gasteiger partial charge >= 0.3 is 11.9 Å². The Balaban J connectivity index is 2.15. The van der Waals surface area contributed by atoms with Crippen molar-refractivity contribution in [2.24, 2.45) is 0 Å². The van der Waals surface area contributed by atoms with E-state index in [-0.39, 0.29) is 24.8 Å². The van der Waals surface area contributed by atoms with Crippen molar-refractivity contribution in [1.82, 2.24) is 4.90 Å². The molecule has 1 aliphatic heterocycles. The second kappa shape index (κ2) is 9.92. The van der Waals surface area contributed by atoms with Crippen LogP contribution in [-0.2, 0) is 19.1 Å². The molecule has 0 spiro atoms. The van der Waals surface area contributed by atoms with E-state index in [1.54, 1.807) is 19.9 Å². The lowest BCUT2D eigenvalue weighted by atomic mass is 9.91. The van der Waals surface area contributed by atoms with Crippen LogP contribution in [0.5, 0.6) is 0 Å². The van der Waals surface area contributed by atoms with Gasteiger partial charge in [-0.25, -0.2) is 9.59 Å². The molecule has 1 unspecified atom stereocenters. The first-order valence-corrected chi connectivity index (χ1v) is 10.2. The highest BCUT2D eigenvalue weighted by atomic mass is 16.5. The summed E-state index contributed by atoms with van der Waals surface area (Å²) < 4.78 is 10.6. The van der Waals surface area contributed by atoms with Crippen molar-refractivity contribution in [1.29, 1.82) is 0 Å². The highest BCUT2D eigenvalue weighted by Gasteiger charge is 2.40. The molecule has 2 aromatic rings. The monoisotopic (exact) mass is 405 g/mol. The first-order valence-electron chi connectivity index (χ1n) is 10.2. The summed E-state index contributed by atoms with van der Waals surface area (Å²) in [6.45, 7) is 5.86. The van der Waals surface area contributed by atoms with Gasteiger partial charge in [-0.1, -0.05) is 60.7 Å². The summed E-state index contributed by atoms with van der Waals surface area (Å²) in [6, 6.07) is 18.7. The maximum Gasteiger partial charge on any atom is 0.336 e. The zero-order chi connectivity index (χ0) is 21.5. The summed E-state index contributed by atoms with van der Waals surface area (Å²) in [7, 11) is 0. The molecular weight excluding hydrogens is 378 g/mol. The third-order valence-electron chi connectivity index (χ3n) is 4.88. The summed E-state index contributed by atoms with van der Waals surface area (Å²) in [5.74, 6) is -0.981. The molecule has 0 N–H and O–H groups in total. The molecule has 0 fully saturated rings. The van der Waals surface area contributed by atoms with Gasteiger partial charge in [-0.2, -0.15) is 0 Å². The van der Waals surface area contributed by atoms with Gasteiger partial charge in [0.05, 0.1) is 24.8 Å². The Morgan fingerprint density at radius 3 is 1.93 bits per heavy atom. The Morgan fingerprint density at radius 1 is 0.900 bits per heavy atom. The van der Waals surface area contributed by atoms with Crippen molar-refractivity contribution >= 4 is 11.9 Å². The summed E-state index contributed by atoms with van der Waals surface area (Å²) in [5, 5.41) is 0. The second-order valence-electron chi connectivity index (χ2n) is 7.02. The number of esters is 2. The van der Waals surface area contributed by atoms with E-state index in [0.29, 0.717) is 0 Å². The fourth-order valence-corrected chi connectivity index (χ4v) is 3.72. The molecule has 1 atom stereocenters. The van der Waals surface area contributed by atoms with Crippen LogP contribution in [0.15, 0.2) is 84.1 Å². The van der Waals surface area contributed by atoms with Gasteiger partial charge in [-0.3, -0.25) is 0 Å². The molecule has 3 rings (SSSR count). The third-order valence-corrected chi connectivity index (χ3v) is 4.88. The minimum absolute atomic E-state index is 0.226. The quantitative estimate of drug-likeness (QED) is 0.639. The van der Waals surface area contributed by atoms with Crippen LogP contribution in [0.4, 0.5) is 0 Å². The predicted molar refractivity (Wildman–Crippen MR) is 115 cm³/mol. The molecule has 5 nitrogen and oxygen atoms in total. The molecule has 0 amide bonds. The van der Waals surface area contributed by atoms with Crippen LogP contribution in [0.3, 0.4) is 0 Å². The van der Waals surface area contributed by atoms with Gasteiger partial charge in [0.2, 0.25) is 0 Å². The van der Waals surface area contributed by atoms with Crippen molar-refractivity contribution in [2.75, 3.05) is 13.2 Å². The number of ether oxygens (including phenoxy) is 2. The maximum atomic E-state index is 13.1. The molecule has 0 saturated carbocycles. The van der Waals surface area contributed by atoms with E-state index in [1.165, 1.54) is 0 Å². The normalized spacial score (nSPS) is 16.0. The van der Waals surface area contributed by atoms with Gasteiger partial charge in [-0.05, 0) is 43.5 Å². The van der Waals surface area contributed by atoms with Crippen LogP contribution in [0, 0.1) is 0 Å². The van der Waals surface area contributed by atoms with E-state index in [1.807, 2.05) is 78.7 Å². The highest BCUT2D eigenvalue weighted by molar-refractivity contribution is 5.98. The van der Waals surface area contributed by atoms with Crippen LogP contribution < -0.4 is 0 Å². The van der Waals surface area contributed by atoms with Crippen LogP contribution in [0.25, 0.3) is 0 Å². The van der Waals surface area contributed by atoms with Gasteiger partial charge in [0.25, 0.3) is 0 Å². The van der Waals surface area contributed by atoms with Crippen LogP contribution in [0.2, 0.25) is 0 Å². The van der Waals surface area contributed by atoms with E-state index < -0.39 is 18.0 Å². The third kappa shape index (κ3) is 4.62. The lowest BCUT2D eigenvalue weighted by Gasteiger charge is -2.39. The van der Waals surface area contributed by atoms with E-state index in [4.69, 9.17) is 9.47 Å². The van der Waals surface area contributed by atoms with Gasteiger partial charge < -0.3 is 14.4 Å². The number of allylic oxidation sites excluding steroid dienone is 2. The van der Waals surface area contributed by atoms with Crippen molar-refractivity contribution in [2.45, 2.75) is 32.9 Å². The lowest BCUT2D eigenvalue weighted by Crippen LogP contribution is -2.46. The number of hydrogen-bond acceptors (Lipinski definition) is 5. The van der Waals surface area contributed by atoms with Gasteiger partial charge in [0, 0.05) is 6.20 Å². The number of benzene rings is 2. The first-order chi connectivity index (χ1) is 14.6. The van der Waals surface area contributed by atoms with Gasteiger partial charge in [0.1, 0.15) is 0 Å². The molecule has 2 aromatic carbocycles. The SMILES string of the molecule is CCOC(=O)C1=CC(C)=CN(C(c2ccccc2)c2ccccc2)C1C(=O)OCC. The topological polar surface area (TPSA) is 55.8 Å². The number of hydrogen-bond donors (Lipinski definition) is 0. The largest absolute Gasteiger partial charge is 0.464 e. The number of carbonyl (C=O) groups is 2. The molecule has 1 heterocycles. The summed E-state index contributed by atoms with van der Waals surface area (Å²) in [5.41, 5.74) is 3.15. The Bertz CT molecular complexity index is 895. The van der Waals surface area contributed by atoms with Crippen molar-refractivity contribution in [3.8, 4) is 0 Å². The number of rotatable bonds is 7. The molecular formula is C25H27NO4. The Labute approximate surface area is 177 Å². The highest BCUT2D eigenvalue weighted by Crippen LogP contribution is 2.36. The fraction of sp³-hybridized carbons (Fsp3) is 0.280. The molecule has 0 aliphatic carbocycles. The number of carbonyl (C=O) groups excluding carboxylic acids is 2. The first kappa shape index (κ1) is 21.4. The van der Waals surface area contributed by atoms with E-state index in [9.17, 15) is 9.59 Å². The Hall–Kier alpha value is -3.34. The van der Waals surface area contributed by atoms with E-state index in [0.717, 1.165) is 16.7 Å². The van der Waals surface area contributed by atoms with Crippen LogP contribution in [0.1, 0.15) is 37.9 Å². The van der Waals surface area contributed by atoms with E-state index >= 15 is 0 Å². The molecule has 5 heteroatoms. The summed E-state index contributed by atoms with van der Waals surface area (Å²) in [4.78, 5) is 27.7. The molecule has 1 aliphatic rings. The summed E-state index contributed by atoms with van der Waals surface area (Å²) >= 11 is 0. The minimum atomic E-state index is -0.905. The molecule has 30 heavy (non-hydrogen) atoms. The second-order valence-corrected chi connectivity index (χ2v) is 7.02. The Kier molecular flexibility index (Phi) is 7.07. The van der Waals surface area contributed by atoms with Crippen LogP contribution in [-0.4, -0.2) is 36.1 Å². The lowest BCUT2D eigenvalue weighted by molar-refractivity contribution is -0.151. The summed E-state index contributed by atoms with van der Waals surface area (Å²) in [6.07, 6.45) is 3.62. The molecule has 0 radical (unpaired) electrons. The van der Waals surface area contributed by atoms with Crippen molar-refractivity contribution in [3.05, 3.63) is 95.2 Å². The maximum absolute atomic E-state index is 13.1. The molecule has 0 saturated heterocycles. The van der Waals surface area contributed by atoms with Gasteiger partial charge in [-0.15, -0.1) is 0 Å². The average molecular weight is 405 g/mol. The molecule has 0 aromatic heterocycles.